The van der Waals surface area contributed by atoms with E-state index in [4.69, 9.17) is 9.90 Å². The number of hydrogen-bond donors (Lipinski definition) is 1. The maximum atomic E-state index is 12.2. The number of amides is 2. The van der Waals surface area contributed by atoms with Crippen LogP contribution in [0.15, 0.2) is 36.4 Å². The Kier molecular flexibility index (Phi) is 7.17. The van der Waals surface area contributed by atoms with Crippen molar-refractivity contribution in [3.05, 3.63) is 42.0 Å². The van der Waals surface area contributed by atoms with Crippen LogP contribution in [0.3, 0.4) is 0 Å². The number of carbonyl (C=O) groups is 3. The molecule has 2 amide bonds. The van der Waals surface area contributed by atoms with E-state index in [1.807, 2.05) is 42.5 Å². The molecule has 0 spiro atoms. The highest BCUT2D eigenvalue weighted by Gasteiger charge is 2.38. The number of carbonyl (C=O) groups excluding carboxylic acids is 2. The van der Waals surface area contributed by atoms with Crippen molar-refractivity contribution in [1.29, 1.82) is 0 Å². The molecule has 1 fully saturated rings. The normalized spacial score (nSPS) is 20.8. The van der Waals surface area contributed by atoms with Crippen LogP contribution < -0.4 is 0 Å². The molecule has 0 aliphatic carbocycles. The second-order valence-corrected chi connectivity index (χ2v) is 5.62. The van der Waals surface area contributed by atoms with Gasteiger partial charge in [-0.1, -0.05) is 42.5 Å². The third kappa shape index (κ3) is 5.22. The number of aliphatic carboxylic acids is 1. The molecule has 2 atom stereocenters. The summed E-state index contributed by atoms with van der Waals surface area (Å²) in [6, 6.07) is 9.11. The second-order valence-electron chi connectivity index (χ2n) is 5.62. The molecule has 1 N–H and O–H groups in total. The van der Waals surface area contributed by atoms with Crippen molar-refractivity contribution in [2.75, 3.05) is 13.6 Å². The van der Waals surface area contributed by atoms with Crippen molar-refractivity contribution in [3.63, 3.8) is 0 Å². The predicted octanol–water partition coefficient (Wildman–Crippen LogP) is 1.87. The zero-order valence-corrected chi connectivity index (χ0v) is 14.5. The molecular formula is C18H24N2O4. The number of carboxylic acids is 1. The summed E-state index contributed by atoms with van der Waals surface area (Å²) in [5.74, 6) is -0.845. The van der Waals surface area contributed by atoms with Crippen LogP contribution in [0.4, 0.5) is 0 Å². The summed E-state index contributed by atoms with van der Waals surface area (Å²) < 4.78 is 0. The van der Waals surface area contributed by atoms with E-state index < -0.39 is 12.0 Å². The Morgan fingerprint density at radius 2 is 1.67 bits per heavy atom. The van der Waals surface area contributed by atoms with E-state index in [0.717, 1.165) is 12.5 Å². The van der Waals surface area contributed by atoms with Crippen molar-refractivity contribution in [3.8, 4) is 0 Å². The van der Waals surface area contributed by atoms with E-state index in [0.29, 0.717) is 6.54 Å². The van der Waals surface area contributed by atoms with Crippen LogP contribution in [0.1, 0.15) is 26.3 Å². The standard InChI is InChI=1S/C16H20N2O2.C2H4O2/c1-12-16(20)18(13(2)15(19)17(12)3)11-7-10-14-8-5-4-6-9-14;1-2(3)4/h4-10,12-13H,11H2,1-3H3;1H3,(H,3,4)/t12-,13-;/m0./s1. The Bertz CT molecular complexity index is 609. The van der Waals surface area contributed by atoms with Gasteiger partial charge in [0, 0.05) is 20.5 Å². The van der Waals surface area contributed by atoms with Crippen LogP contribution in [0.25, 0.3) is 6.08 Å². The smallest absolute Gasteiger partial charge is 0.300 e. The third-order valence-electron chi connectivity index (χ3n) is 3.81. The number of benzene rings is 1. The summed E-state index contributed by atoms with van der Waals surface area (Å²) in [6.45, 7) is 5.08. The fraction of sp³-hybridized carbons (Fsp3) is 0.389. The molecule has 0 aromatic heterocycles. The van der Waals surface area contributed by atoms with Gasteiger partial charge in [0.2, 0.25) is 11.8 Å². The molecule has 24 heavy (non-hydrogen) atoms. The Balaban J connectivity index is 0.000000648. The Labute approximate surface area is 142 Å². The summed E-state index contributed by atoms with van der Waals surface area (Å²) in [4.78, 5) is 36.4. The first-order chi connectivity index (χ1) is 11.3. The van der Waals surface area contributed by atoms with E-state index in [1.54, 1.807) is 25.8 Å². The molecule has 0 unspecified atom stereocenters. The number of piperazine rings is 1. The zero-order valence-electron chi connectivity index (χ0n) is 14.5. The molecule has 1 heterocycles. The highest BCUT2D eigenvalue weighted by atomic mass is 16.4. The molecule has 1 aromatic rings. The monoisotopic (exact) mass is 332 g/mol. The molecular weight excluding hydrogens is 308 g/mol. The van der Waals surface area contributed by atoms with Gasteiger partial charge in [0.15, 0.2) is 0 Å². The summed E-state index contributed by atoms with van der Waals surface area (Å²) >= 11 is 0. The lowest BCUT2D eigenvalue weighted by molar-refractivity contribution is -0.157. The zero-order chi connectivity index (χ0) is 18.3. The number of nitrogens with zero attached hydrogens (tertiary/aromatic N) is 2. The fourth-order valence-corrected chi connectivity index (χ4v) is 2.33. The van der Waals surface area contributed by atoms with Crippen LogP contribution >= 0.6 is 0 Å². The van der Waals surface area contributed by atoms with Crippen molar-refractivity contribution in [1.82, 2.24) is 9.80 Å². The molecule has 1 saturated heterocycles. The Morgan fingerprint density at radius 1 is 1.12 bits per heavy atom. The minimum atomic E-state index is -0.833. The molecule has 130 valence electrons. The molecule has 6 nitrogen and oxygen atoms in total. The lowest BCUT2D eigenvalue weighted by atomic mass is 10.1. The van der Waals surface area contributed by atoms with Gasteiger partial charge in [0.1, 0.15) is 12.1 Å². The van der Waals surface area contributed by atoms with Crippen molar-refractivity contribution < 1.29 is 19.5 Å². The van der Waals surface area contributed by atoms with E-state index in [9.17, 15) is 9.59 Å². The lowest BCUT2D eigenvalue weighted by Gasteiger charge is -2.40. The van der Waals surface area contributed by atoms with Crippen molar-refractivity contribution >= 4 is 23.9 Å². The topological polar surface area (TPSA) is 77.9 Å². The minimum absolute atomic E-state index is 0.00249. The summed E-state index contributed by atoms with van der Waals surface area (Å²) in [6.07, 6.45) is 3.89. The molecule has 6 heteroatoms. The Morgan fingerprint density at radius 3 is 2.21 bits per heavy atom. The van der Waals surface area contributed by atoms with E-state index in [1.165, 1.54) is 4.90 Å². The first-order valence-electron chi connectivity index (χ1n) is 7.74. The number of likely N-dealkylation sites (N-methyl/N-ethyl adjacent to an activating group) is 1. The second kappa shape index (κ2) is 8.86. The average molecular weight is 332 g/mol. The molecule has 2 rings (SSSR count). The first kappa shape index (κ1) is 19.4. The highest BCUT2D eigenvalue weighted by Crippen LogP contribution is 2.16. The summed E-state index contributed by atoms with van der Waals surface area (Å²) in [7, 11) is 1.68. The fourth-order valence-electron chi connectivity index (χ4n) is 2.33. The molecule has 0 bridgehead atoms. The van der Waals surface area contributed by atoms with Crippen LogP contribution in [0.2, 0.25) is 0 Å². The van der Waals surface area contributed by atoms with Crippen molar-refractivity contribution in [2.24, 2.45) is 0 Å². The van der Waals surface area contributed by atoms with Crippen molar-refractivity contribution in [2.45, 2.75) is 32.9 Å². The highest BCUT2D eigenvalue weighted by molar-refractivity contribution is 5.96. The van der Waals surface area contributed by atoms with Gasteiger partial charge in [-0.25, -0.2) is 0 Å². The van der Waals surface area contributed by atoms with Gasteiger partial charge in [0.05, 0.1) is 0 Å². The van der Waals surface area contributed by atoms with Crippen LogP contribution in [0.5, 0.6) is 0 Å². The van der Waals surface area contributed by atoms with Crippen LogP contribution in [0, 0.1) is 0 Å². The molecule has 1 aromatic carbocycles. The van der Waals surface area contributed by atoms with Gasteiger partial charge in [-0.3, -0.25) is 14.4 Å². The maximum Gasteiger partial charge on any atom is 0.300 e. The third-order valence-corrected chi connectivity index (χ3v) is 3.81. The average Bonchev–Trinajstić information content (AvgIpc) is 2.55. The molecule has 1 aliphatic heterocycles. The van der Waals surface area contributed by atoms with Gasteiger partial charge in [-0.2, -0.15) is 0 Å². The van der Waals surface area contributed by atoms with Gasteiger partial charge in [-0.15, -0.1) is 0 Å². The van der Waals surface area contributed by atoms with E-state index in [-0.39, 0.29) is 17.9 Å². The van der Waals surface area contributed by atoms with Crippen LogP contribution in [-0.2, 0) is 14.4 Å². The van der Waals surface area contributed by atoms with Gasteiger partial charge in [0.25, 0.3) is 5.97 Å². The lowest BCUT2D eigenvalue weighted by Crippen LogP contribution is -2.61. The summed E-state index contributed by atoms with van der Waals surface area (Å²) in [5.41, 5.74) is 1.08. The summed E-state index contributed by atoms with van der Waals surface area (Å²) in [5, 5.41) is 7.42. The minimum Gasteiger partial charge on any atom is -0.481 e. The van der Waals surface area contributed by atoms with Gasteiger partial charge in [-0.05, 0) is 19.4 Å². The number of rotatable bonds is 3. The largest absolute Gasteiger partial charge is 0.481 e. The van der Waals surface area contributed by atoms with Gasteiger partial charge < -0.3 is 14.9 Å². The molecule has 0 radical (unpaired) electrons. The van der Waals surface area contributed by atoms with E-state index in [2.05, 4.69) is 0 Å². The number of hydrogen-bond acceptors (Lipinski definition) is 3. The maximum absolute atomic E-state index is 12.2. The quantitative estimate of drug-likeness (QED) is 0.916. The van der Waals surface area contributed by atoms with E-state index >= 15 is 0 Å². The number of carboxylic acid groups (broad SMARTS) is 1. The first-order valence-corrected chi connectivity index (χ1v) is 7.74. The Hall–Kier alpha value is -2.63. The molecule has 1 aliphatic rings. The van der Waals surface area contributed by atoms with Crippen LogP contribution in [-0.4, -0.2) is 58.4 Å². The predicted molar refractivity (Wildman–Crippen MR) is 92.2 cm³/mol. The van der Waals surface area contributed by atoms with Gasteiger partial charge >= 0.3 is 0 Å². The SMILES string of the molecule is CC(=O)O.C[C@H]1C(=O)N(CC=Cc2ccccc2)[C@@H](C)C(=O)N1C. The molecule has 0 saturated carbocycles.